The van der Waals surface area contributed by atoms with Crippen LogP contribution in [-0.4, -0.2) is 26.5 Å². The summed E-state index contributed by atoms with van der Waals surface area (Å²) in [6.45, 7) is 0. The van der Waals surface area contributed by atoms with Gasteiger partial charge in [0, 0.05) is 48.5 Å². The molecule has 0 unspecified atom stereocenters. The van der Waals surface area contributed by atoms with Gasteiger partial charge < -0.3 is 15.2 Å². The van der Waals surface area contributed by atoms with Crippen LogP contribution in [-0.2, 0) is 7.05 Å². The Morgan fingerprint density at radius 2 is 1.84 bits per heavy atom. The Kier molecular flexibility index (Phi) is 3.93. The molecule has 1 fully saturated rings. The van der Waals surface area contributed by atoms with E-state index in [0.29, 0.717) is 17.7 Å². The molecule has 2 heterocycles. The molecule has 0 saturated heterocycles. The van der Waals surface area contributed by atoms with E-state index in [1.807, 2.05) is 54.2 Å². The van der Waals surface area contributed by atoms with Crippen molar-refractivity contribution >= 4 is 17.5 Å². The van der Waals surface area contributed by atoms with E-state index in [-0.39, 0.29) is 5.91 Å². The zero-order chi connectivity index (χ0) is 17.2. The number of hydrogen-bond acceptors (Lipinski definition) is 4. The van der Waals surface area contributed by atoms with Crippen LogP contribution in [0.1, 0.15) is 23.3 Å². The maximum absolute atomic E-state index is 12.2. The van der Waals surface area contributed by atoms with Crippen LogP contribution in [0.5, 0.6) is 0 Å². The number of aryl methyl sites for hydroxylation is 1. The number of para-hydroxylation sites is 1. The molecule has 1 aliphatic rings. The zero-order valence-corrected chi connectivity index (χ0v) is 13.9. The summed E-state index contributed by atoms with van der Waals surface area (Å²) in [4.78, 5) is 21.0. The van der Waals surface area contributed by atoms with Crippen molar-refractivity contribution in [2.24, 2.45) is 7.05 Å². The second-order valence-corrected chi connectivity index (χ2v) is 6.26. The second kappa shape index (κ2) is 6.39. The van der Waals surface area contributed by atoms with E-state index in [4.69, 9.17) is 0 Å². The molecule has 4 rings (SSSR count). The van der Waals surface area contributed by atoms with Crippen LogP contribution in [0.25, 0.3) is 11.1 Å². The zero-order valence-electron chi connectivity index (χ0n) is 13.9. The van der Waals surface area contributed by atoms with Crippen LogP contribution in [0.3, 0.4) is 0 Å². The Bertz CT molecular complexity index is 882. The molecular weight excluding hydrogens is 314 g/mol. The minimum atomic E-state index is -0.0282. The third-order valence-electron chi connectivity index (χ3n) is 4.17. The molecular formula is C19H19N5O. The van der Waals surface area contributed by atoms with Gasteiger partial charge in [-0.2, -0.15) is 0 Å². The number of carbonyl (C=O) groups excluding carboxylic acids is 1. The number of carbonyl (C=O) groups is 1. The van der Waals surface area contributed by atoms with Gasteiger partial charge in [-0.1, -0.05) is 18.2 Å². The monoisotopic (exact) mass is 333 g/mol. The highest BCUT2D eigenvalue weighted by Crippen LogP contribution is 2.23. The molecule has 0 radical (unpaired) electrons. The number of amides is 1. The molecule has 0 aliphatic heterocycles. The van der Waals surface area contributed by atoms with E-state index in [1.165, 1.54) is 0 Å². The van der Waals surface area contributed by atoms with Crippen LogP contribution in [0.4, 0.5) is 11.6 Å². The van der Waals surface area contributed by atoms with Crippen LogP contribution < -0.4 is 10.6 Å². The summed E-state index contributed by atoms with van der Waals surface area (Å²) in [7, 11) is 1.87. The fourth-order valence-corrected chi connectivity index (χ4v) is 2.63. The second-order valence-electron chi connectivity index (χ2n) is 6.26. The van der Waals surface area contributed by atoms with Crippen molar-refractivity contribution in [2.75, 3.05) is 5.32 Å². The number of nitrogens with one attached hydrogen (secondary N) is 2. The van der Waals surface area contributed by atoms with Crippen molar-refractivity contribution in [2.45, 2.75) is 18.9 Å². The Balaban J connectivity index is 1.51. The maximum atomic E-state index is 12.2. The minimum absolute atomic E-state index is 0.0282. The fourth-order valence-electron chi connectivity index (χ4n) is 2.63. The van der Waals surface area contributed by atoms with Gasteiger partial charge in [0.2, 0.25) is 5.95 Å². The Morgan fingerprint density at radius 1 is 1.12 bits per heavy atom. The maximum Gasteiger partial charge on any atom is 0.268 e. The summed E-state index contributed by atoms with van der Waals surface area (Å²) in [5.74, 6) is 0.511. The quantitative estimate of drug-likeness (QED) is 0.752. The van der Waals surface area contributed by atoms with Crippen LogP contribution in [0.2, 0.25) is 0 Å². The number of benzene rings is 1. The van der Waals surface area contributed by atoms with Crippen molar-refractivity contribution in [3.8, 4) is 11.1 Å². The van der Waals surface area contributed by atoms with Crippen molar-refractivity contribution in [3.05, 3.63) is 60.7 Å². The predicted molar refractivity (Wildman–Crippen MR) is 96.7 cm³/mol. The van der Waals surface area contributed by atoms with Crippen molar-refractivity contribution in [3.63, 3.8) is 0 Å². The standard InChI is InChI=1S/C19H19N5O/c1-24-12-13(9-17(24)18(25)22-16-7-8-16)14-10-20-19(21-11-14)23-15-5-3-2-4-6-15/h2-6,9-12,16H,7-8H2,1H3,(H,22,25)(H,20,21,23). The molecule has 2 N–H and O–H groups in total. The van der Waals surface area contributed by atoms with E-state index in [2.05, 4.69) is 20.6 Å². The molecule has 1 amide bonds. The van der Waals surface area contributed by atoms with E-state index in [9.17, 15) is 4.79 Å². The normalized spacial score (nSPS) is 13.5. The first kappa shape index (κ1) is 15.4. The summed E-state index contributed by atoms with van der Waals surface area (Å²) in [5, 5.41) is 6.17. The molecule has 1 aromatic carbocycles. The van der Waals surface area contributed by atoms with Gasteiger partial charge in [0.25, 0.3) is 5.91 Å². The predicted octanol–water partition coefficient (Wildman–Crippen LogP) is 3.12. The lowest BCUT2D eigenvalue weighted by molar-refractivity contribution is 0.0943. The van der Waals surface area contributed by atoms with E-state index in [1.54, 1.807) is 12.4 Å². The number of hydrogen-bond donors (Lipinski definition) is 2. The Hall–Kier alpha value is -3.15. The first-order chi connectivity index (χ1) is 12.2. The van der Waals surface area contributed by atoms with Gasteiger partial charge in [0.1, 0.15) is 5.69 Å². The van der Waals surface area contributed by atoms with Crippen LogP contribution in [0, 0.1) is 0 Å². The van der Waals surface area contributed by atoms with E-state index < -0.39 is 0 Å². The number of rotatable bonds is 5. The lowest BCUT2D eigenvalue weighted by Crippen LogP contribution is -2.27. The number of anilines is 2. The Morgan fingerprint density at radius 3 is 2.52 bits per heavy atom. The molecule has 1 aliphatic carbocycles. The summed E-state index contributed by atoms with van der Waals surface area (Å²) >= 11 is 0. The molecule has 1 saturated carbocycles. The van der Waals surface area contributed by atoms with Crippen molar-refractivity contribution in [1.82, 2.24) is 19.9 Å². The Labute approximate surface area is 145 Å². The first-order valence-corrected chi connectivity index (χ1v) is 8.31. The van der Waals surface area contributed by atoms with Crippen molar-refractivity contribution < 1.29 is 4.79 Å². The first-order valence-electron chi connectivity index (χ1n) is 8.31. The minimum Gasteiger partial charge on any atom is -0.348 e. The molecule has 0 spiro atoms. The van der Waals surface area contributed by atoms with Crippen molar-refractivity contribution in [1.29, 1.82) is 0 Å². The molecule has 2 aromatic heterocycles. The van der Waals surface area contributed by atoms with Gasteiger partial charge in [-0.25, -0.2) is 9.97 Å². The molecule has 126 valence electrons. The fraction of sp³-hybridized carbons (Fsp3) is 0.211. The average Bonchev–Trinajstić information content (AvgIpc) is 3.35. The largest absolute Gasteiger partial charge is 0.348 e. The molecule has 6 nitrogen and oxygen atoms in total. The van der Waals surface area contributed by atoms with Gasteiger partial charge in [0.15, 0.2) is 0 Å². The molecule has 0 atom stereocenters. The van der Waals surface area contributed by atoms with E-state index in [0.717, 1.165) is 29.7 Å². The van der Waals surface area contributed by atoms with Gasteiger partial charge in [-0.15, -0.1) is 0 Å². The smallest absolute Gasteiger partial charge is 0.268 e. The van der Waals surface area contributed by atoms with Crippen LogP contribution in [0.15, 0.2) is 55.0 Å². The SMILES string of the molecule is Cn1cc(-c2cnc(Nc3ccccc3)nc2)cc1C(=O)NC1CC1. The lowest BCUT2D eigenvalue weighted by Gasteiger charge is -2.04. The van der Waals surface area contributed by atoms with Gasteiger partial charge in [0.05, 0.1) is 0 Å². The molecule has 6 heteroatoms. The third kappa shape index (κ3) is 3.52. The highest BCUT2D eigenvalue weighted by Gasteiger charge is 2.25. The molecule has 25 heavy (non-hydrogen) atoms. The topological polar surface area (TPSA) is 71.8 Å². The van der Waals surface area contributed by atoms with Gasteiger partial charge in [-0.3, -0.25) is 4.79 Å². The summed E-state index contributed by atoms with van der Waals surface area (Å²) in [6.07, 6.45) is 7.59. The third-order valence-corrected chi connectivity index (χ3v) is 4.17. The van der Waals surface area contributed by atoms with Crippen LogP contribution >= 0.6 is 0 Å². The number of aromatic nitrogens is 3. The summed E-state index contributed by atoms with van der Waals surface area (Å²) in [5.41, 5.74) is 3.39. The summed E-state index contributed by atoms with van der Waals surface area (Å²) < 4.78 is 1.84. The van der Waals surface area contributed by atoms with Gasteiger partial charge >= 0.3 is 0 Å². The molecule has 0 bridgehead atoms. The summed E-state index contributed by atoms with van der Waals surface area (Å²) in [6, 6.07) is 12.0. The molecule has 3 aromatic rings. The highest BCUT2D eigenvalue weighted by molar-refractivity contribution is 5.94. The van der Waals surface area contributed by atoms with E-state index >= 15 is 0 Å². The van der Waals surface area contributed by atoms with Gasteiger partial charge in [-0.05, 0) is 31.0 Å². The number of nitrogens with zero attached hydrogens (tertiary/aromatic N) is 3. The highest BCUT2D eigenvalue weighted by atomic mass is 16.2. The lowest BCUT2D eigenvalue weighted by atomic mass is 10.2. The average molecular weight is 333 g/mol.